The molecule has 1 aromatic rings. The van der Waals surface area contributed by atoms with Gasteiger partial charge in [-0.05, 0) is 87.9 Å². The van der Waals surface area contributed by atoms with Gasteiger partial charge in [-0.1, -0.05) is 6.07 Å². The highest BCUT2D eigenvalue weighted by molar-refractivity contribution is 5.07. The first-order valence-corrected chi connectivity index (χ1v) is 10.3. The summed E-state index contributed by atoms with van der Waals surface area (Å²) < 4.78 is 0. The molecule has 1 atom stereocenters. The minimum Gasteiger partial charge on any atom is -0.393 e. The maximum absolute atomic E-state index is 9.76. The summed E-state index contributed by atoms with van der Waals surface area (Å²) in [5.41, 5.74) is 1.80. The third kappa shape index (κ3) is 4.24. The molecular formula is C21H33N3O. The van der Waals surface area contributed by atoms with Gasteiger partial charge in [0.25, 0.3) is 0 Å². The lowest BCUT2D eigenvalue weighted by Crippen LogP contribution is -2.51. The first kappa shape index (κ1) is 17.4. The van der Waals surface area contributed by atoms with E-state index in [-0.39, 0.29) is 6.10 Å². The van der Waals surface area contributed by atoms with Gasteiger partial charge in [0.1, 0.15) is 0 Å². The van der Waals surface area contributed by atoms with Gasteiger partial charge in [0.2, 0.25) is 0 Å². The van der Waals surface area contributed by atoms with Crippen molar-refractivity contribution in [2.24, 2.45) is 11.3 Å². The van der Waals surface area contributed by atoms with Crippen molar-refractivity contribution in [3.8, 4) is 0 Å². The van der Waals surface area contributed by atoms with E-state index in [1.165, 1.54) is 57.3 Å². The zero-order valence-corrected chi connectivity index (χ0v) is 15.3. The quantitative estimate of drug-likeness (QED) is 0.769. The molecule has 1 aromatic heterocycles. The van der Waals surface area contributed by atoms with Crippen molar-refractivity contribution < 1.29 is 5.11 Å². The molecule has 1 spiro atoms. The number of aliphatic hydroxyl groups is 1. The van der Waals surface area contributed by atoms with Gasteiger partial charge >= 0.3 is 0 Å². The number of pyridine rings is 1. The molecule has 3 N–H and O–H groups in total. The van der Waals surface area contributed by atoms with Gasteiger partial charge < -0.3 is 15.7 Å². The Hall–Kier alpha value is -0.970. The lowest BCUT2D eigenvalue weighted by molar-refractivity contribution is 0.0183. The van der Waals surface area contributed by atoms with Crippen LogP contribution in [0.15, 0.2) is 24.4 Å². The summed E-state index contributed by atoms with van der Waals surface area (Å²) in [4.78, 5) is 4.53. The van der Waals surface area contributed by atoms with Crippen LogP contribution in [0.3, 0.4) is 0 Å². The highest BCUT2D eigenvalue weighted by Crippen LogP contribution is 2.43. The van der Waals surface area contributed by atoms with Crippen LogP contribution in [0.25, 0.3) is 0 Å². The Labute approximate surface area is 151 Å². The van der Waals surface area contributed by atoms with Gasteiger partial charge in [0.15, 0.2) is 0 Å². The molecule has 2 saturated carbocycles. The minimum absolute atomic E-state index is 0.0811. The van der Waals surface area contributed by atoms with E-state index in [9.17, 15) is 5.11 Å². The molecule has 0 unspecified atom stereocenters. The second kappa shape index (κ2) is 7.73. The van der Waals surface area contributed by atoms with Crippen molar-refractivity contribution in [2.45, 2.75) is 76.0 Å². The van der Waals surface area contributed by atoms with Crippen molar-refractivity contribution in [1.82, 2.24) is 15.6 Å². The van der Waals surface area contributed by atoms with Gasteiger partial charge in [0.05, 0.1) is 6.10 Å². The fourth-order valence-electron chi connectivity index (χ4n) is 5.22. The van der Waals surface area contributed by atoms with Crippen LogP contribution in [0.2, 0.25) is 0 Å². The number of nitrogens with zero attached hydrogens (tertiary/aromatic N) is 1. The molecular weight excluding hydrogens is 310 g/mol. The van der Waals surface area contributed by atoms with E-state index >= 15 is 0 Å². The molecule has 4 rings (SSSR count). The Morgan fingerprint density at radius 3 is 2.56 bits per heavy atom. The summed E-state index contributed by atoms with van der Waals surface area (Å²) in [6, 6.07) is 7.31. The van der Waals surface area contributed by atoms with Crippen LogP contribution >= 0.6 is 0 Å². The Morgan fingerprint density at radius 1 is 1.16 bits per heavy atom. The highest BCUT2D eigenvalue weighted by atomic mass is 16.3. The zero-order valence-electron chi connectivity index (χ0n) is 15.3. The molecule has 0 amide bonds. The predicted molar refractivity (Wildman–Crippen MR) is 100 cm³/mol. The number of rotatable bonds is 5. The van der Waals surface area contributed by atoms with E-state index in [4.69, 9.17) is 0 Å². The second-order valence-electron chi connectivity index (χ2n) is 8.71. The molecule has 138 valence electrons. The Bertz CT molecular complexity index is 527. The molecule has 0 aromatic carbocycles. The molecule has 2 heterocycles. The smallest absolute Gasteiger partial charge is 0.0546 e. The predicted octanol–water partition coefficient (Wildman–Crippen LogP) is 2.67. The first-order chi connectivity index (χ1) is 12.2. The first-order valence-electron chi connectivity index (χ1n) is 10.3. The Balaban J connectivity index is 1.34. The number of hydrogen-bond donors (Lipinski definition) is 3. The summed E-state index contributed by atoms with van der Waals surface area (Å²) in [6.07, 6.45) is 12.8. The van der Waals surface area contributed by atoms with Gasteiger partial charge in [-0.2, -0.15) is 0 Å². The van der Waals surface area contributed by atoms with E-state index in [1.807, 2.05) is 12.3 Å². The fraction of sp³-hybridized carbons (Fsp3) is 0.762. The summed E-state index contributed by atoms with van der Waals surface area (Å²) in [5.74, 6) is 0.603. The molecule has 4 heteroatoms. The van der Waals surface area contributed by atoms with E-state index in [0.717, 1.165) is 19.3 Å². The Morgan fingerprint density at radius 2 is 1.92 bits per heavy atom. The number of aliphatic hydroxyl groups excluding tert-OH is 1. The van der Waals surface area contributed by atoms with Crippen molar-refractivity contribution in [1.29, 1.82) is 0 Å². The number of aromatic nitrogens is 1. The molecule has 3 fully saturated rings. The van der Waals surface area contributed by atoms with Crippen LogP contribution in [0.4, 0.5) is 0 Å². The largest absolute Gasteiger partial charge is 0.393 e. The normalized spacial score (nSPS) is 30.8. The monoisotopic (exact) mass is 343 g/mol. The van der Waals surface area contributed by atoms with Crippen LogP contribution in [0.1, 0.15) is 57.1 Å². The second-order valence-corrected chi connectivity index (χ2v) is 8.71. The molecule has 0 bridgehead atoms. The maximum atomic E-state index is 9.76. The number of piperidine rings is 1. The van der Waals surface area contributed by atoms with Crippen molar-refractivity contribution in [2.75, 3.05) is 13.1 Å². The summed E-state index contributed by atoms with van der Waals surface area (Å²) in [5, 5.41) is 17.3. The minimum atomic E-state index is -0.0811. The molecule has 1 aliphatic heterocycles. The number of hydrogen-bond acceptors (Lipinski definition) is 4. The highest BCUT2D eigenvalue weighted by Gasteiger charge is 2.39. The lowest BCUT2D eigenvalue weighted by atomic mass is 9.67. The van der Waals surface area contributed by atoms with Crippen molar-refractivity contribution >= 4 is 0 Å². The molecule has 25 heavy (non-hydrogen) atoms. The average molecular weight is 344 g/mol. The molecule has 0 radical (unpaired) electrons. The number of nitrogens with one attached hydrogen (secondary N) is 2. The van der Waals surface area contributed by atoms with E-state index in [2.05, 4.69) is 27.8 Å². The molecule has 2 aliphatic carbocycles. The molecule has 4 nitrogen and oxygen atoms in total. The summed E-state index contributed by atoms with van der Waals surface area (Å²) in [6.45, 7) is 2.42. The van der Waals surface area contributed by atoms with E-state index in [1.54, 1.807) is 0 Å². The van der Waals surface area contributed by atoms with E-state index < -0.39 is 0 Å². The van der Waals surface area contributed by atoms with Crippen molar-refractivity contribution in [3.05, 3.63) is 30.1 Å². The van der Waals surface area contributed by atoms with Crippen LogP contribution in [0.5, 0.6) is 0 Å². The molecule has 3 aliphatic rings. The van der Waals surface area contributed by atoms with Crippen molar-refractivity contribution in [3.63, 3.8) is 0 Å². The zero-order chi connectivity index (χ0) is 17.1. The van der Waals surface area contributed by atoms with Crippen LogP contribution in [-0.4, -0.2) is 41.4 Å². The maximum Gasteiger partial charge on any atom is 0.0546 e. The summed E-state index contributed by atoms with van der Waals surface area (Å²) in [7, 11) is 0. The fourth-order valence-corrected chi connectivity index (χ4v) is 5.22. The van der Waals surface area contributed by atoms with Gasteiger partial charge in [-0.15, -0.1) is 0 Å². The van der Waals surface area contributed by atoms with E-state index in [0.29, 0.717) is 23.4 Å². The standard InChI is InChI=1S/C21H33N3O/c25-19-13-16(14-19)20(15-18-3-1-2-10-23-18)24-17-4-6-21(7-5-17)8-11-22-12-9-21/h1-3,10,16-17,19-20,22,24-25H,4-9,11-15H2/t16?,19?,20-/m0/s1. The van der Waals surface area contributed by atoms with Crippen LogP contribution < -0.4 is 10.6 Å². The van der Waals surface area contributed by atoms with Crippen LogP contribution in [0, 0.1) is 11.3 Å². The van der Waals surface area contributed by atoms with Gasteiger partial charge in [-0.3, -0.25) is 4.98 Å². The lowest BCUT2D eigenvalue weighted by Gasteiger charge is -2.45. The topological polar surface area (TPSA) is 57.2 Å². The third-order valence-electron chi connectivity index (χ3n) is 7.03. The average Bonchev–Trinajstić information content (AvgIpc) is 2.62. The Kier molecular flexibility index (Phi) is 5.39. The molecule has 1 saturated heterocycles. The van der Waals surface area contributed by atoms with Crippen LogP contribution in [-0.2, 0) is 6.42 Å². The van der Waals surface area contributed by atoms with Gasteiger partial charge in [0, 0.05) is 30.4 Å². The third-order valence-corrected chi connectivity index (χ3v) is 7.03. The van der Waals surface area contributed by atoms with Gasteiger partial charge in [-0.25, -0.2) is 0 Å². The SMILES string of the molecule is OC1CC([C@H](Cc2ccccn2)NC2CCC3(CCNCC3)CC2)C1. The summed E-state index contributed by atoms with van der Waals surface area (Å²) >= 11 is 0.